The molecule has 0 saturated carbocycles. The van der Waals surface area contributed by atoms with Gasteiger partial charge in [0.05, 0.1) is 5.39 Å². The Hall–Kier alpha value is -1.71. The van der Waals surface area contributed by atoms with Crippen molar-refractivity contribution in [1.82, 2.24) is 5.16 Å². The van der Waals surface area contributed by atoms with Gasteiger partial charge in [0, 0.05) is 6.92 Å². The summed E-state index contributed by atoms with van der Waals surface area (Å²) < 4.78 is 17.7. The summed E-state index contributed by atoms with van der Waals surface area (Å²) >= 11 is 0. The van der Waals surface area contributed by atoms with Gasteiger partial charge in [0.1, 0.15) is 0 Å². The molecule has 1 aromatic heterocycles. The van der Waals surface area contributed by atoms with Crippen molar-refractivity contribution < 1.29 is 13.7 Å². The molecule has 0 bridgehead atoms. The summed E-state index contributed by atoms with van der Waals surface area (Å²) in [7, 11) is 0. The third-order valence-electron chi connectivity index (χ3n) is 1.78. The fourth-order valence-electron chi connectivity index (χ4n) is 1.18. The predicted octanol–water partition coefficient (Wildman–Crippen LogP) is 2.17. The van der Waals surface area contributed by atoms with Crippen LogP contribution in [0, 0.1) is 5.82 Å². The van der Waals surface area contributed by atoms with Crippen LogP contribution in [-0.4, -0.2) is 10.9 Å². The van der Waals surface area contributed by atoms with Crippen molar-refractivity contribution in [2.75, 3.05) is 0 Å². The Labute approximate surface area is 73.1 Å². The number of halogens is 1. The lowest BCUT2D eigenvalue weighted by Gasteiger charge is -1.88. The summed E-state index contributed by atoms with van der Waals surface area (Å²) in [4.78, 5) is 11.0. The zero-order chi connectivity index (χ0) is 9.42. The first kappa shape index (κ1) is 7.91. The summed E-state index contributed by atoms with van der Waals surface area (Å²) in [6.45, 7) is 1.36. The first-order valence-corrected chi connectivity index (χ1v) is 3.75. The average molecular weight is 179 g/mol. The molecule has 0 fully saturated rings. The van der Waals surface area contributed by atoms with E-state index < -0.39 is 5.82 Å². The van der Waals surface area contributed by atoms with Gasteiger partial charge in [0.2, 0.25) is 5.58 Å². The number of hydrogen-bond acceptors (Lipinski definition) is 3. The molecule has 0 aliphatic heterocycles. The minimum Gasteiger partial charge on any atom is -0.352 e. The second-order valence-electron chi connectivity index (χ2n) is 2.70. The fourth-order valence-corrected chi connectivity index (χ4v) is 1.18. The Morgan fingerprint density at radius 1 is 1.54 bits per heavy atom. The molecule has 3 nitrogen and oxygen atoms in total. The lowest BCUT2D eigenvalue weighted by Crippen LogP contribution is -1.91. The molecule has 0 atom stereocenters. The fraction of sp³-hybridized carbons (Fsp3) is 0.111. The van der Waals surface area contributed by atoms with Crippen molar-refractivity contribution in [1.29, 1.82) is 0 Å². The number of carbonyl (C=O) groups excluding carboxylic acids is 1. The Morgan fingerprint density at radius 3 is 3.00 bits per heavy atom. The monoisotopic (exact) mass is 179 g/mol. The van der Waals surface area contributed by atoms with Gasteiger partial charge in [-0.15, -0.1) is 0 Å². The van der Waals surface area contributed by atoms with Crippen LogP contribution in [0.15, 0.2) is 22.7 Å². The first-order chi connectivity index (χ1) is 6.20. The third kappa shape index (κ3) is 1.11. The molecular formula is C9H6FNO2. The van der Waals surface area contributed by atoms with Crippen LogP contribution in [0.5, 0.6) is 0 Å². The number of rotatable bonds is 1. The van der Waals surface area contributed by atoms with Gasteiger partial charge < -0.3 is 4.52 Å². The third-order valence-corrected chi connectivity index (χ3v) is 1.78. The number of aromatic nitrogens is 1. The molecule has 0 N–H and O–H groups in total. The van der Waals surface area contributed by atoms with Gasteiger partial charge in [-0.1, -0.05) is 11.2 Å². The van der Waals surface area contributed by atoms with Crippen molar-refractivity contribution in [3.05, 3.63) is 29.7 Å². The molecular weight excluding hydrogens is 173 g/mol. The molecule has 2 rings (SSSR count). The molecule has 1 aromatic carbocycles. The molecule has 0 aliphatic carbocycles. The van der Waals surface area contributed by atoms with Crippen LogP contribution in [0.1, 0.15) is 17.4 Å². The number of hydrogen-bond donors (Lipinski definition) is 0. The Morgan fingerprint density at radius 2 is 2.31 bits per heavy atom. The van der Waals surface area contributed by atoms with E-state index in [9.17, 15) is 9.18 Å². The van der Waals surface area contributed by atoms with Crippen LogP contribution < -0.4 is 0 Å². The van der Waals surface area contributed by atoms with Crippen LogP contribution in [0.2, 0.25) is 0 Å². The highest BCUT2D eigenvalue weighted by molar-refractivity contribution is 6.03. The topological polar surface area (TPSA) is 43.1 Å². The molecule has 66 valence electrons. The highest BCUT2D eigenvalue weighted by Gasteiger charge is 2.14. The number of benzene rings is 1. The van der Waals surface area contributed by atoms with Crippen LogP contribution in [0.4, 0.5) is 4.39 Å². The van der Waals surface area contributed by atoms with E-state index in [2.05, 4.69) is 5.16 Å². The second-order valence-corrected chi connectivity index (χ2v) is 2.70. The average Bonchev–Trinajstić information content (AvgIpc) is 2.48. The Kier molecular flexibility index (Phi) is 1.62. The molecule has 0 spiro atoms. The highest BCUT2D eigenvalue weighted by atomic mass is 19.1. The molecule has 1 heterocycles. The van der Waals surface area contributed by atoms with E-state index in [-0.39, 0.29) is 17.1 Å². The molecule has 0 unspecified atom stereocenters. The summed E-state index contributed by atoms with van der Waals surface area (Å²) in [5, 5.41) is 3.91. The van der Waals surface area contributed by atoms with E-state index in [0.717, 1.165) is 0 Å². The van der Waals surface area contributed by atoms with Crippen molar-refractivity contribution in [2.45, 2.75) is 6.92 Å². The van der Waals surface area contributed by atoms with Crippen LogP contribution in [0.25, 0.3) is 11.0 Å². The maximum absolute atomic E-state index is 13.0. The highest BCUT2D eigenvalue weighted by Crippen LogP contribution is 2.20. The van der Waals surface area contributed by atoms with E-state index in [4.69, 9.17) is 4.52 Å². The minimum absolute atomic E-state index is 0.0349. The Bertz CT molecular complexity index is 475. The van der Waals surface area contributed by atoms with Gasteiger partial charge in [0.25, 0.3) is 0 Å². The zero-order valence-corrected chi connectivity index (χ0v) is 6.87. The SMILES string of the molecule is CC(=O)c1noc2c(F)cccc12. The van der Waals surface area contributed by atoms with Gasteiger partial charge in [-0.05, 0) is 12.1 Å². The summed E-state index contributed by atoms with van der Waals surface area (Å²) in [6, 6.07) is 4.38. The van der Waals surface area contributed by atoms with Crippen LogP contribution in [0.3, 0.4) is 0 Å². The summed E-state index contributed by atoms with van der Waals surface area (Å²) in [6.07, 6.45) is 0. The zero-order valence-electron chi connectivity index (χ0n) is 6.87. The van der Waals surface area contributed by atoms with E-state index >= 15 is 0 Å². The van der Waals surface area contributed by atoms with Gasteiger partial charge in [-0.3, -0.25) is 4.79 Å². The largest absolute Gasteiger partial charge is 0.352 e. The van der Waals surface area contributed by atoms with E-state index in [1.807, 2.05) is 0 Å². The van der Waals surface area contributed by atoms with E-state index in [1.54, 1.807) is 6.07 Å². The van der Waals surface area contributed by atoms with Crippen LogP contribution >= 0.6 is 0 Å². The van der Waals surface area contributed by atoms with Gasteiger partial charge >= 0.3 is 0 Å². The first-order valence-electron chi connectivity index (χ1n) is 3.75. The molecule has 0 amide bonds. The molecule has 13 heavy (non-hydrogen) atoms. The van der Waals surface area contributed by atoms with Gasteiger partial charge in [-0.25, -0.2) is 4.39 Å². The number of para-hydroxylation sites is 1. The lowest BCUT2D eigenvalue weighted by atomic mass is 10.2. The number of Topliss-reactive ketones (excluding diaryl/α,β-unsaturated/α-hetero) is 1. The molecule has 4 heteroatoms. The lowest BCUT2D eigenvalue weighted by molar-refractivity contribution is 0.101. The number of fused-ring (bicyclic) bond motifs is 1. The molecule has 0 radical (unpaired) electrons. The summed E-state index contributed by atoms with van der Waals surface area (Å²) in [5.41, 5.74) is 0.210. The number of nitrogens with zero attached hydrogens (tertiary/aromatic N) is 1. The maximum atomic E-state index is 13.0. The number of carbonyl (C=O) groups is 1. The van der Waals surface area contributed by atoms with Crippen molar-refractivity contribution >= 4 is 16.8 Å². The van der Waals surface area contributed by atoms with Crippen molar-refractivity contribution in [3.63, 3.8) is 0 Å². The Balaban J connectivity index is 2.83. The quantitative estimate of drug-likeness (QED) is 0.630. The minimum atomic E-state index is -0.502. The normalized spacial score (nSPS) is 10.6. The predicted molar refractivity (Wildman–Crippen MR) is 44.0 cm³/mol. The summed E-state index contributed by atoms with van der Waals surface area (Å²) in [5.74, 6) is -0.734. The second kappa shape index (κ2) is 2.65. The number of ketones is 1. The van der Waals surface area contributed by atoms with Gasteiger partial charge in [-0.2, -0.15) is 0 Å². The van der Waals surface area contributed by atoms with E-state index in [0.29, 0.717) is 5.39 Å². The molecule has 0 aliphatic rings. The molecule has 0 saturated heterocycles. The van der Waals surface area contributed by atoms with E-state index in [1.165, 1.54) is 19.1 Å². The smallest absolute Gasteiger partial charge is 0.203 e. The van der Waals surface area contributed by atoms with Crippen LogP contribution in [-0.2, 0) is 0 Å². The van der Waals surface area contributed by atoms with Crippen molar-refractivity contribution in [3.8, 4) is 0 Å². The maximum Gasteiger partial charge on any atom is 0.203 e. The standard InChI is InChI=1S/C9H6FNO2/c1-5(12)8-6-3-2-4-7(10)9(6)13-11-8/h2-4H,1H3. The van der Waals surface area contributed by atoms with Crippen molar-refractivity contribution in [2.24, 2.45) is 0 Å². The molecule has 2 aromatic rings. The van der Waals surface area contributed by atoms with Gasteiger partial charge in [0.15, 0.2) is 17.3 Å².